The number of nitrogens with one attached hydrogen (secondary N) is 1. The summed E-state index contributed by atoms with van der Waals surface area (Å²) >= 11 is 0. The maximum absolute atomic E-state index is 12.5. The Morgan fingerprint density at radius 2 is 1.97 bits per heavy atom. The first-order valence-corrected chi connectivity index (χ1v) is 10.2. The minimum absolute atomic E-state index is 0.112. The van der Waals surface area contributed by atoms with Crippen molar-refractivity contribution in [2.45, 2.75) is 43.8 Å². The Morgan fingerprint density at radius 1 is 1.19 bits per heavy atom. The topological polar surface area (TPSA) is 143 Å². The van der Waals surface area contributed by atoms with Gasteiger partial charge in [0.1, 0.15) is 30.4 Å². The number of nitrogens with zero attached hydrogens (tertiary/aromatic N) is 4. The Balaban J connectivity index is 1.59. The third-order valence-electron chi connectivity index (χ3n) is 5.56. The number of aliphatic hydroxyl groups excluding tert-OH is 3. The number of aromatic nitrogens is 4. The van der Waals surface area contributed by atoms with E-state index in [0.717, 1.165) is 5.56 Å². The van der Waals surface area contributed by atoms with E-state index in [1.54, 1.807) is 0 Å². The third kappa shape index (κ3) is 4.02. The van der Waals surface area contributed by atoms with Crippen LogP contribution in [0.15, 0.2) is 43.0 Å². The fourth-order valence-electron chi connectivity index (χ4n) is 3.83. The number of aliphatic hydroxyl groups is 3. The van der Waals surface area contributed by atoms with E-state index in [2.05, 4.69) is 20.3 Å². The molecule has 0 amide bonds. The normalized spacial score (nSPS) is 24.4. The lowest BCUT2D eigenvalue weighted by atomic mass is 9.93. The number of imidazole rings is 1. The van der Waals surface area contributed by atoms with E-state index < -0.39 is 31.1 Å². The molecule has 0 spiro atoms. The smallest absolute Gasteiger partial charge is 0.167 e. The van der Waals surface area contributed by atoms with Crippen molar-refractivity contribution in [1.82, 2.24) is 19.5 Å². The van der Waals surface area contributed by atoms with Gasteiger partial charge >= 0.3 is 0 Å². The molecule has 5 atom stereocenters. The minimum Gasteiger partial charge on any atom is -0.394 e. The van der Waals surface area contributed by atoms with Gasteiger partial charge in [-0.15, -0.1) is 0 Å². The van der Waals surface area contributed by atoms with Gasteiger partial charge in [0.15, 0.2) is 23.2 Å². The molecule has 0 saturated carbocycles. The molecule has 1 aromatic carbocycles. The quantitative estimate of drug-likeness (QED) is 0.407. The van der Waals surface area contributed by atoms with Gasteiger partial charge in [-0.2, -0.15) is 0 Å². The fraction of sp³-hybridized carbons (Fsp3) is 0.429. The van der Waals surface area contributed by atoms with Gasteiger partial charge in [0, 0.05) is 13.0 Å². The maximum atomic E-state index is 12.5. The monoisotopic (exact) mass is 427 g/mol. The van der Waals surface area contributed by atoms with Crippen LogP contribution in [-0.2, 0) is 9.53 Å². The Bertz CT molecular complexity index is 1040. The van der Waals surface area contributed by atoms with Crippen LogP contribution in [0.3, 0.4) is 0 Å². The number of hydrogen-bond donors (Lipinski definition) is 4. The van der Waals surface area contributed by atoms with Crippen LogP contribution in [0.4, 0.5) is 5.82 Å². The second-order valence-corrected chi connectivity index (χ2v) is 7.44. The molecule has 1 saturated heterocycles. The molecule has 10 heteroatoms. The van der Waals surface area contributed by atoms with Crippen LogP contribution < -0.4 is 5.32 Å². The number of carbonyl (C=O) groups excluding carboxylic acids is 1. The summed E-state index contributed by atoms with van der Waals surface area (Å²) in [4.78, 5) is 25.4. The van der Waals surface area contributed by atoms with Crippen molar-refractivity contribution < 1.29 is 24.9 Å². The zero-order valence-electron chi connectivity index (χ0n) is 17.0. The van der Waals surface area contributed by atoms with Gasteiger partial charge < -0.3 is 25.4 Å². The SMILES string of the molecule is CCC(=O)C(CNc1ncnc2c1ncn2[C@@H]1O[C@H](CO)[C@@H](O)[C@H]1O)c1ccccc1. The number of anilines is 1. The van der Waals surface area contributed by atoms with E-state index in [4.69, 9.17) is 4.74 Å². The second kappa shape index (κ2) is 9.06. The van der Waals surface area contributed by atoms with Crippen molar-refractivity contribution in [2.75, 3.05) is 18.5 Å². The highest BCUT2D eigenvalue weighted by Gasteiger charge is 2.44. The first kappa shape index (κ1) is 21.3. The molecular weight excluding hydrogens is 402 g/mol. The summed E-state index contributed by atoms with van der Waals surface area (Å²) in [5.41, 5.74) is 1.76. The van der Waals surface area contributed by atoms with Crippen LogP contribution in [0.2, 0.25) is 0 Å². The highest BCUT2D eigenvalue weighted by molar-refractivity contribution is 5.87. The summed E-state index contributed by atoms with van der Waals surface area (Å²) in [5.74, 6) is 0.222. The molecule has 1 unspecified atom stereocenters. The molecule has 3 heterocycles. The Kier molecular flexibility index (Phi) is 6.23. The maximum Gasteiger partial charge on any atom is 0.167 e. The second-order valence-electron chi connectivity index (χ2n) is 7.44. The molecule has 10 nitrogen and oxygen atoms in total. The van der Waals surface area contributed by atoms with E-state index in [1.807, 2.05) is 37.3 Å². The highest BCUT2D eigenvalue weighted by atomic mass is 16.6. The molecule has 1 aliphatic heterocycles. The zero-order valence-corrected chi connectivity index (χ0v) is 17.0. The van der Waals surface area contributed by atoms with Crippen molar-refractivity contribution >= 4 is 22.8 Å². The molecule has 0 radical (unpaired) electrons. The van der Waals surface area contributed by atoms with E-state index in [-0.39, 0.29) is 11.7 Å². The average Bonchev–Trinajstić information content (AvgIpc) is 3.35. The molecule has 2 aromatic heterocycles. The number of Topliss-reactive ketones (excluding diaryl/α,β-unsaturated/α-hetero) is 1. The fourth-order valence-corrected chi connectivity index (χ4v) is 3.83. The molecule has 1 fully saturated rings. The number of ketones is 1. The molecule has 4 N–H and O–H groups in total. The van der Waals surface area contributed by atoms with Gasteiger partial charge in [-0.3, -0.25) is 9.36 Å². The van der Waals surface area contributed by atoms with Gasteiger partial charge in [0.2, 0.25) is 0 Å². The predicted octanol–water partition coefficient (Wildman–Crippen LogP) is 0.613. The van der Waals surface area contributed by atoms with E-state index in [9.17, 15) is 20.1 Å². The summed E-state index contributed by atoms with van der Waals surface area (Å²) in [5, 5.41) is 32.9. The van der Waals surface area contributed by atoms with Crippen molar-refractivity contribution in [3.8, 4) is 0 Å². The zero-order chi connectivity index (χ0) is 22.0. The van der Waals surface area contributed by atoms with Crippen LogP contribution in [0.25, 0.3) is 11.2 Å². The number of hydrogen-bond acceptors (Lipinski definition) is 9. The Morgan fingerprint density at radius 3 is 2.65 bits per heavy atom. The highest BCUT2D eigenvalue weighted by Crippen LogP contribution is 2.32. The first-order valence-electron chi connectivity index (χ1n) is 10.2. The van der Waals surface area contributed by atoms with E-state index in [1.165, 1.54) is 17.2 Å². The summed E-state index contributed by atoms with van der Waals surface area (Å²) in [6, 6.07) is 9.55. The molecule has 164 valence electrons. The number of ether oxygens (including phenoxy) is 1. The molecule has 4 rings (SSSR count). The lowest BCUT2D eigenvalue weighted by Crippen LogP contribution is -2.33. The summed E-state index contributed by atoms with van der Waals surface area (Å²) < 4.78 is 7.07. The van der Waals surface area contributed by atoms with Crippen LogP contribution >= 0.6 is 0 Å². The summed E-state index contributed by atoms with van der Waals surface area (Å²) in [6.45, 7) is 1.75. The lowest BCUT2D eigenvalue weighted by molar-refractivity contribution is -0.119. The number of carbonyl (C=O) groups is 1. The minimum atomic E-state index is -1.24. The largest absolute Gasteiger partial charge is 0.394 e. The van der Waals surface area contributed by atoms with Gasteiger partial charge in [0.05, 0.1) is 18.9 Å². The van der Waals surface area contributed by atoms with Gasteiger partial charge in [0.25, 0.3) is 0 Å². The van der Waals surface area contributed by atoms with E-state index in [0.29, 0.717) is 29.9 Å². The number of benzene rings is 1. The molecule has 0 aliphatic carbocycles. The number of rotatable bonds is 8. The standard InChI is InChI=1S/C21H25N5O5/c1-2-14(28)13(12-6-4-3-5-7-12)8-22-19-16-20(24-10-23-19)26(11-25-16)21-18(30)17(29)15(9-27)31-21/h3-7,10-11,13,15,17-18,21,27,29-30H,2,8-9H2,1H3,(H,22,23,24)/t13?,15-,17-,18-,21-/m1/s1. The van der Waals surface area contributed by atoms with Crippen LogP contribution in [0.1, 0.15) is 31.1 Å². The third-order valence-corrected chi connectivity index (χ3v) is 5.56. The van der Waals surface area contributed by atoms with Gasteiger partial charge in [-0.05, 0) is 5.56 Å². The average molecular weight is 427 g/mol. The summed E-state index contributed by atoms with van der Waals surface area (Å²) in [7, 11) is 0. The Labute approximate surface area is 178 Å². The van der Waals surface area contributed by atoms with Crippen molar-refractivity contribution in [3.63, 3.8) is 0 Å². The van der Waals surface area contributed by atoms with Gasteiger partial charge in [-0.1, -0.05) is 37.3 Å². The summed E-state index contributed by atoms with van der Waals surface area (Å²) in [6.07, 6.45) is -1.10. The lowest BCUT2D eigenvalue weighted by Gasteiger charge is -2.18. The van der Waals surface area contributed by atoms with Crippen molar-refractivity contribution in [2.24, 2.45) is 0 Å². The molecule has 0 bridgehead atoms. The predicted molar refractivity (Wildman–Crippen MR) is 111 cm³/mol. The molecular formula is C21H25N5O5. The van der Waals surface area contributed by atoms with Gasteiger partial charge in [-0.25, -0.2) is 15.0 Å². The van der Waals surface area contributed by atoms with Crippen LogP contribution in [0.5, 0.6) is 0 Å². The molecule has 3 aromatic rings. The van der Waals surface area contributed by atoms with Crippen molar-refractivity contribution in [1.29, 1.82) is 0 Å². The van der Waals surface area contributed by atoms with Crippen molar-refractivity contribution in [3.05, 3.63) is 48.5 Å². The number of fused-ring (bicyclic) bond motifs is 1. The Hall–Kier alpha value is -2.92. The van der Waals surface area contributed by atoms with Crippen LogP contribution in [0, 0.1) is 0 Å². The molecule has 31 heavy (non-hydrogen) atoms. The molecule has 1 aliphatic rings. The van der Waals surface area contributed by atoms with E-state index >= 15 is 0 Å². The van der Waals surface area contributed by atoms with Crippen LogP contribution in [-0.4, -0.2) is 72.1 Å². The first-order chi connectivity index (χ1) is 15.0.